The Hall–Kier alpha value is -0.370. The van der Waals surface area contributed by atoms with Crippen molar-refractivity contribution in [1.82, 2.24) is 0 Å². The van der Waals surface area contributed by atoms with Gasteiger partial charge in [-0.1, -0.05) is 13.8 Å². The molecule has 1 rings (SSSR count). The van der Waals surface area contributed by atoms with Gasteiger partial charge in [-0.3, -0.25) is 4.79 Å². The number of ketones is 1. The highest BCUT2D eigenvalue weighted by Crippen LogP contribution is 2.30. The highest BCUT2D eigenvalue weighted by Gasteiger charge is 2.24. The van der Waals surface area contributed by atoms with Crippen LogP contribution in [-0.4, -0.2) is 18.5 Å². The number of hydrogen-bond acceptors (Lipinski definition) is 2. The largest absolute Gasteiger partial charge is 0.370 e. The molecule has 0 saturated heterocycles. The minimum atomic E-state index is 0.131. The van der Waals surface area contributed by atoms with E-state index in [1.165, 1.54) is 6.42 Å². The molecule has 1 aliphatic carbocycles. The smallest absolute Gasteiger partial charge is 0.155 e. The van der Waals surface area contributed by atoms with Crippen molar-refractivity contribution < 1.29 is 9.53 Å². The molecule has 1 aliphatic rings. The van der Waals surface area contributed by atoms with Crippen LogP contribution < -0.4 is 0 Å². The molecule has 3 unspecified atom stereocenters. The summed E-state index contributed by atoms with van der Waals surface area (Å²) in [6, 6.07) is 0. The van der Waals surface area contributed by atoms with E-state index in [2.05, 4.69) is 13.8 Å². The first kappa shape index (κ1) is 10.7. The summed E-state index contributed by atoms with van der Waals surface area (Å²) in [6.07, 6.45) is 3.81. The fourth-order valence-corrected chi connectivity index (χ4v) is 1.88. The Morgan fingerprint density at radius 2 is 2.00 bits per heavy atom. The Labute approximate surface area is 80.7 Å². The molecule has 0 radical (unpaired) electrons. The van der Waals surface area contributed by atoms with E-state index in [1.807, 2.05) is 0 Å². The van der Waals surface area contributed by atoms with Crippen LogP contribution in [0.3, 0.4) is 0 Å². The average molecular weight is 184 g/mol. The number of Topliss-reactive ketones (excluding diaryl/α,β-unsaturated/α-hetero) is 1. The topological polar surface area (TPSA) is 26.3 Å². The van der Waals surface area contributed by atoms with Gasteiger partial charge in [-0.2, -0.15) is 0 Å². The zero-order valence-corrected chi connectivity index (χ0v) is 8.88. The maximum Gasteiger partial charge on any atom is 0.155 e. The van der Waals surface area contributed by atoms with Gasteiger partial charge in [0.15, 0.2) is 5.78 Å². The third-order valence-electron chi connectivity index (χ3n) is 3.07. The van der Waals surface area contributed by atoms with Gasteiger partial charge >= 0.3 is 0 Å². The summed E-state index contributed by atoms with van der Waals surface area (Å²) >= 11 is 0. The van der Waals surface area contributed by atoms with Crippen LogP contribution in [0.4, 0.5) is 0 Å². The lowest BCUT2D eigenvalue weighted by atomic mass is 9.80. The summed E-state index contributed by atoms with van der Waals surface area (Å²) < 4.78 is 5.51. The maximum atomic E-state index is 10.7. The summed E-state index contributed by atoms with van der Waals surface area (Å²) in [5, 5.41) is 0. The van der Waals surface area contributed by atoms with E-state index in [0.717, 1.165) is 24.7 Å². The number of carbonyl (C=O) groups excluding carboxylic acids is 1. The van der Waals surface area contributed by atoms with Gasteiger partial charge in [-0.25, -0.2) is 0 Å². The van der Waals surface area contributed by atoms with Crippen LogP contribution >= 0.6 is 0 Å². The number of hydrogen-bond donors (Lipinski definition) is 0. The first-order valence-electron chi connectivity index (χ1n) is 5.20. The molecule has 0 spiro atoms. The van der Waals surface area contributed by atoms with Crippen molar-refractivity contribution in [2.75, 3.05) is 6.61 Å². The lowest BCUT2D eigenvalue weighted by Gasteiger charge is -2.31. The SMILES string of the molecule is CC(=O)COC1CCC(C)C(C)C1. The Morgan fingerprint density at radius 1 is 1.31 bits per heavy atom. The molecule has 1 fully saturated rings. The van der Waals surface area contributed by atoms with Gasteiger partial charge in [0.1, 0.15) is 6.61 Å². The fourth-order valence-electron chi connectivity index (χ4n) is 1.88. The Kier molecular flexibility index (Phi) is 3.91. The highest BCUT2D eigenvalue weighted by atomic mass is 16.5. The molecule has 0 aromatic carbocycles. The molecule has 0 aromatic heterocycles. The summed E-state index contributed by atoms with van der Waals surface area (Å²) in [6.45, 7) is 6.44. The fraction of sp³-hybridized carbons (Fsp3) is 0.909. The predicted octanol–water partition coefficient (Wildman–Crippen LogP) is 2.42. The van der Waals surface area contributed by atoms with Crippen LogP contribution in [0.15, 0.2) is 0 Å². The van der Waals surface area contributed by atoms with E-state index in [0.29, 0.717) is 12.7 Å². The van der Waals surface area contributed by atoms with Gasteiger partial charge in [-0.05, 0) is 38.0 Å². The Bertz CT molecular complexity index is 177. The standard InChI is InChI=1S/C11H20O2/c1-8-4-5-11(6-9(8)2)13-7-10(3)12/h8-9,11H,4-7H2,1-3H3. The Morgan fingerprint density at radius 3 is 2.54 bits per heavy atom. The second-order valence-corrected chi connectivity index (χ2v) is 4.40. The molecule has 2 nitrogen and oxygen atoms in total. The molecule has 0 amide bonds. The number of carbonyl (C=O) groups is 1. The molecule has 0 bridgehead atoms. The minimum Gasteiger partial charge on any atom is -0.370 e. The third-order valence-corrected chi connectivity index (χ3v) is 3.07. The van der Waals surface area contributed by atoms with Crippen molar-refractivity contribution in [2.45, 2.75) is 46.1 Å². The van der Waals surface area contributed by atoms with Crippen LogP contribution in [0.2, 0.25) is 0 Å². The molecule has 0 heterocycles. The molecule has 0 N–H and O–H groups in total. The molecular formula is C11H20O2. The van der Waals surface area contributed by atoms with Crippen LogP contribution in [0.1, 0.15) is 40.0 Å². The first-order chi connectivity index (χ1) is 6.09. The van der Waals surface area contributed by atoms with Crippen molar-refractivity contribution in [1.29, 1.82) is 0 Å². The van der Waals surface area contributed by atoms with Crippen molar-refractivity contribution in [2.24, 2.45) is 11.8 Å². The molecule has 3 atom stereocenters. The van der Waals surface area contributed by atoms with Crippen LogP contribution in [0.25, 0.3) is 0 Å². The summed E-state index contributed by atoms with van der Waals surface area (Å²) in [4.78, 5) is 10.7. The normalized spacial score (nSPS) is 34.5. The number of ether oxygens (including phenoxy) is 1. The lowest BCUT2D eigenvalue weighted by molar-refractivity contribution is -0.124. The molecule has 1 saturated carbocycles. The van der Waals surface area contributed by atoms with Crippen molar-refractivity contribution in [3.05, 3.63) is 0 Å². The zero-order chi connectivity index (χ0) is 9.84. The third kappa shape index (κ3) is 3.47. The van der Waals surface area contributed by atoms with Crippen molar-refractivity contribution in [3.63, 3.8) is 0 Å². The lowest BCUT2D eigenvalue weighted by Crippen LogP contribution is -2.28. The van der Waals surface area contributed by atoms with E-state index in [4.69, 9.17) is 4.74 Å². The molecule has 2 heteroatoms. The van der Waals surface area contributed by atoms with E-state index >= 15 is 0 Å². The second kappa shape index (κ2) is 4.75. The van der Waals surface area contributed by atoms with Gasteiger partial charge in [0.2, 0.25) is 0 Å². The quantitative estimate of drug-likeness (QED) is 0.673. The van der Waals surface area contributed by atoms with Crippen LogP contribution in [-0.2, 0) is 9.53 Å². The van der Waals surface area contributed by atoms with Crippen molar-refractivity contribution >= 4 is 5.78 Å². The monoisotopic (exact) mass is 184 g/mol. The van der Waals surface area contributed by atoms with E-state index in [-0.39, 0.29) is 5.78 Å². The summed E-state index contributed by atoms with van der Waals surface area (Å²) in [5.74, 6) is 1.69. The minimum absolute atomic E-state index is 0.131. The average Bonchev–Trinajstić information content (AvgIpc) is 2.07. The van der Waals surface area contributed by atoms with E-state index in [1.54, 1.807) is 6.92 Å². The van der Waals surface area contributed by atoms with Crippen LogP contribution in [0, 0.1) is 11.8 Å². The van der Waals surface area contributed by atoms with E-state index < -0.39 is 0 Å². The van der Waals surface area contributed by atoms with Gasteiger partial charge in [0, 0.05) is 0 Å². The van der Waals surface area contributed by atoms with Crippen LogP contribution in [0.5, 0.6) is 0 Å². The van der Waals surface area contributed by atoms with Crippen molar-refractivity contribution in [3.8, 4) is 0 Å². The molecule has 0 aromatic rings. The van der Waals surface area contributed by atoms with Gasteiger partial charge < -0.3 is 4.74 Å². The molecule has 0 aliphatic heterocycles. The molecule has 13 heavy (non-hydrogen) atoms. The van der Waals surface area contributed by atoms with Gasteiger partial charge in [-0.15, -0.1) is 0 Å². The predicted molar refractivity (Wildman–Crippen MR) is 52.6 cm³/mol. The summed E-state index contributed by atoms with van der Waals surface area (Å²) in [7, 11) is 0. The summed E-state index contributed by atoms with van der Waals surface area (Å²) in [5.41, 5.74) is 0. The molecule has 76 valence electrons. The first-order valence-corrected chi connectivity index (χ1v) is 5.20. The molecular weight excluding hydrogens is 164 g/mol. The zero-order valence-electron chi connectivity index (χ0n) is 8.88. The van der Waals surface area contributed by atoms with Gasteiger partial charge in [0.05, 0.1) is 6.10 Å². The maximum absolute atomic E-state index is 10.7. The van der Waals surface area contributed by atoms with E-state index in [9.17, 15) is 4.79 Å². The highest BCUT2D eigenvalue weighted by molar-refractivity contribution is 5.76. The second-order valence-electron chi connectivity index (χ2n) is 4.40. The Balaban J connectivity index is 2.25. The van der Waals surface area contributed by atoms with Gasteiger partial charge in [0.25, 0.3) is 0 Å². The number of rotatable bonds is 3.